The number of rotatable bonds is 13. The number of aliphatic hydroxyl groups excluding tert-OH is 4. The zero-order valence-corrected chi connectivity index (χ0v) is 17.0. The average molecular weight is 438 g/mol. The third-order valence-corrected chi connectivity index (χ3v) is 3.32. The molecule has 30 heavy (non-hydrogen) atoms. The van der Waals surface area contributed by atoms with Gasteiger partial charge in [0.2, 0.25) is 0 Å². The van der Waals surface area contributed by atoms with Crippen molar-refractivity contribution in [2.24, 2.45) is 5.41 Å². The number of carbonyl (C=O) groups is 4. The maximum Gasteiger partial charge on any atom is 0.333 e. The van der Waals surface area contributed by atoms with Gasteiger partial charge in [0, 0.05) is 5.57 Å². The molecule has 1 atom stereocenters. The maximum absolute atomic E-state index is 11.2. The summed E-state index contributed by atoms with van der Waals surface area (Å²) in [4.78, 5) is 43.6. The van der Waals surface area contributed by atoms with Crippen LogP contribution in [-0.4, -0.2) is 95.2 Å². The molecular formula is C18H30O12. The monoisotopic (exact) mass is 438 g/mol. The predicted molar refractivity (Wildman–Crippen MR) is 99.9 cm³/mol. The largest absolute Gasteiger partial charge is 0.481 e. The molecule has 0 saturated carbocycles. The van der Waals surface area contributed by atoms with E-state index in [-0.39, 0.29) is 38.2 Å². The Balaban J connectivity index is 0. The third kappa shape index (κ3) is 14.5. The number of ether oxygens (including phenoxy) is 3. The lowest BCUT2D eigenvalue weighted by molar-refractivity contribution is -0.154. The molecule has 5 N–H and O–H groups in total. The summed E-state index contributed by atoms with van der Waals surface area (Å²) in [5.74, 6) is -3.08. The van der Waals surface area contributed by atoms with Crippen LogP contribution in [0.15, 0.2) is 12.2 Å². The summed E-state index contributed by atoms with van der Waals surface area (Å²) in [6.07, 6.45) is -1.53. The van der Waals surface area contributed by atoms with Crippen molar-refractivity contribution in [1.82, 2.24) is 0 Å². The standard InChI is InChI=1S/C13H20O8.C5H10O4/c1-9(2)13(18)20-6-5-19-11(16)3-4-12(17)21-8-10(15)7-14;1-5(2-6,3-7)4(8)9/h10,14-15H,1,3-8H2,2H3;6-7H,2-3H2,1H3,(H,8,9). The van der Waals surface area contributed by atoms with E-state index in [0.29, 0.717) is 0 Å². The summed E-state index contributed by atoms with van der Waals surface area (Å²) in [5, 5.41) is 42.6. The second kappa shape index (κ2) is 16.3. The second-order valence-electron chi connectivity index (χ2n) is 6.34. The summed E-state index contributed by atoms with van der Waals surface area (Å²) in [6, 6.07) is 0. The summed E-state index contributed by atoms with van der Waals surface area (Å²) in [5.41, 5.74) is -1.14. The van der Waals surface area contributed by atoms with Gasteiger partial charge in [0.1, 0.15) is 31.3 Å². The first-order chi connectivity index (χ1) is 13.9. The second-order valence-corrected chi connectivity index (χ2v) is 6.34. The smallest absolute Gasteiger partial charge is 0.333 e. The molecule has 12 nitrogen and oxygen atoms in total. The number of carboxylic acids is 1. The normalized spacial score (nSPS) is 11.4. The maximum atomic E-state index is 11.2. The molecule has 0 amide bonds. The highest BCUT2D eigenvalue weighted by Gasteiger charge is 2.31. The predicted octanol–water partition coefficient (Wildman–Crippen LogP) is -1.61. The Bertz CT molecular complexity index is 568. The highest BCUT2D eigenvalue weighted by atomic mass is 16.6. The van der Waals surface area contributed by atoms with Crippen molar-refractivity contribution in [3.05, 3.63) is 12.2 Å². The summed E-state index contributed by atoms with van der Waals surface area (Å²) < 4.78 is 14.0. The topological polar surface area (TPSA) is 197 Å². The number of hydrogen-bond acceptors (Lipinski definition) is 11. The van der Waals surface area contributed by atoms with Gasteiger partial charge in [0.25, 0.3) is 0 Å². The molecule has 12 heteroatoms. The summed E-state index contributed by atoms with van der Waals surface area (Å²) in [7, 11) is 0. The van der Waals surface area contributed by atoms with Crippen LogP contribution in [0.3, 0.4) is 0 Å². The number of esters is 3. The molecule has 174 valence electrons. The molecular weight excluding hydrogens is 408 g/mol. The Kier molecular flexibility index (Phi) is 16.1. The number of hydrogen-bond donors (Lipinski definition) is 5. The molecule has 0 bridgehead atoms. The van der Waals surface area contributed by atoms with Crippen molar-refractivity contribution in [1.29, 1.82) is 0 Å². The molecule has 0 aliphatic rings. The summed E-state index contributed by atoms with van der Waals surface area (Å²) >= 11 is 0. The fourth-order valence-corrected chi connectivity index (χ4v) is 1.19. The van der Waals surface area contributed by atoms with Gasteiger partial charge in [-0.1, -0.05) is 6.58 Å². The fourth-order valence-electron chi connectivity index (χ4n) is 1.19. The van der Waals surface area contributed by atoms with Crippen LogP contribution >= 0.6 is 0 Å². The van der Waals surface area contributed by atoms with Crippen LogP contribution in [0, 0.1) is 5.41 Å². The van der Waals surface area contributed by atoms with Crippen molar-refractivity contribution in [2.75, 3.05) is 39.6 Å². The molecule has 0 rings (SSSR count). The number of carbonyl (C=O) groups excluding carboxylic acids is 3. The van der Waals surface area contributed by atoms with E-state index in [9.17, 15) is 19.2 Å². The highest BCUT2D eigenvalue weighted by Crippen LogP contribution is 2.12. The molecule has 0 aromatic heterocycles. The molecule has 0 radical (unpaired) electrons. The SMILES string of the molecule is C=C(C)C(=O)OCCOC(=O)CCC(=O)OCC(O)CO.CC(CO)(CO)C(=O)O. The Morgan fingerprint density at radius 3 is 1.77 bits per heavy atom. The molecule has 1 unspecified atom stereocenters. The van der Waals surface area contributed by atoms with Crippen LogP contribution < -0.4 is 0 Å². The van der Waals surface area contributed by atoms with Gasteiger partial charge in [-0.25, -0.2) is 4.79 Å². The van der Waals surface area contributed by atoms with Crippen molar-refractivity contribution in [2.45, 2.75) is 32.8 Å². The zero-order chi connectivity index (χ0) is 23.7. The van der Waals surface area contributed by atoms with Gasteiger partial charge in [-0.05, 0) is 13.8 Å². The van der Waals surface area contributed by atoms with E-state index in [0.717, 1.165) is 0 Å². The van der Waals surface area contributed by atoms with Gasteiger partial charge in [-0.15, -0.1) is 0 Å². The quantitative estimate of drug-likeness (QED) is 0.0955. The first kappa shape index (κ1) is 29.7. The van der Waals surface area contributed by atoms with E-state index in [1.54, 1.807) is 0 Å². The van der Waals surface area contributed by atoms with E-state index < -0.39 is 55.2 Å². The molecule has 0 aliphatic carbocycles. The van der Waals surface area contributed by atoms with Crippen molar-refractivity contribution < 1.29 is 58.9 Å². The first-order valence-corrected chi connectivity index (χ1v) is 8.81. The van der Waals surface area contributed by atoms with Crippen molar-refractivity contribution >= 4 is 23.9 Å². The molecule has 0 spiro atoms. The molecule has 0 aliphatic heterocycles. The molecule has 0 heterocycles. The van der Waals surface area contributed by atoms with Crippen LogP contribution in [0.5, 0.6) is 0 Å². The minimum absolute atomic E-state index is 0.0927. The number of carboxylic acid groups (broad SMARTS) is 1. The van der Waals surface area contributed by atoms with Crippen LogP contribution in [0.2, 0.25) is 0 Å². The lowest BCUT2D eigenvalue weighted by atomic mass is 9.94. The molecule has 0 aromatic carbocycles. The van der Waals surface area contributed by atoms with E-state index >= 15 is 0 Å². The van der Waals surface area contributed by atoms with Gasteiger partial charge in [-0.3, -0.25) is 14.4 Å². The Morgan fingerprint density at radius 2 is 1.40 bits per heavy atom. The lowest BCUT2D eigenvalue weighted by Crippen LogP contribution is -2.35. The number of aliphatic carboxylic acids is 1. The van der Waals surface area contributed by atoms with E-state index in [1.807, 2.05) is 0 Å². The van der Waals surface area contributed by atoms with Crippen molar-refractivity contribution in [3.63, 3.8) is 0 Å². The minimum atomic E-state index is -1.39. The molecule has 0 fully saturated rings. The van der Waals surface area contributed by atoms with Gasteiger partial charge in [0.05, 0.1) is 32.7 Å². The average Bonchev–Trinajstić information content (AvgIpc) is 2.72. The molecule has 0 saturated heterocycles. The fraction of sp³-hybridized carbons (Fsp3) is 0.667. The highest BCUT2D eigenvalue weighted by molar-refractivity contribution is 5.86. The van der Waals surface area contributed by atoms with E-state index in [1.165, 1.54) is 13.8 Å². The Hall–Kier alpha value is -2.54. The zero-order valence-electron chi connectivity index (χ0n) is 17.0. The minimum Gasteiger partial charge on any atom is -0.481 e. The summed E-state index contributed by atoms with van der Waals surface area (Å²) in [6.45, 7) is 4.01. The third-order valence-electron chi connectivity index (χ3n) is 3.32. The lowest BCUT2D eigenvalue weighted by Gasteiger charge is -2.17. The van der Waals surface area contributed by atoms with Crippen molar-refractivity contribution in [3.8, 4) is 0 Å². The first-order valence-electron chi connectivity index (χ1n) is 8.81. The number of aliphatic hydroxyl groups is 4. The van der Waals surface area contributed by atoms with Crippen LogP contribution in [0.25, 0.3) is 0 Å². The Morgan fingerprint density at radius 1 is 0.933 bits per heavy atom. The van der Waals surface area contributed by atoms with Crippen LogP contribution in [0.4, 0.5) is 0 Å². The van der Waals surface area contributed by atoms with E-state index in [2.05, 4.69) is 11.3 Å². The molecule has 0 aromatic rings. The Labute approximate surface area is 173 Å². The van der Waals surface area contributed by atoms with Gasteiger partial charge < -0.3 is 39.7 Å². The van der Waals surface area contributed by atoms with E-state index in [4.69, 9.17) is 35.0 Å². The van der Waals surface area contributed by atoms with Gasteiger partial charge in [-0.2, -0.15) is 0 Å². The van der Waals surface area contributed by atoms with Gasteiger partial charge in [0.15, 0.2) is 0 Å². The van der Waals surface area contributed by atoms with Crippen LogP contribution in [0.1, 0.15) is 26.7 Å². The van der Waals surface area contributed by atoms with Gasteiger partial charge >= 0.3 is 23.9 Å². The van der Waals surface area contributed by atoms with Crippen LogP contribution in [-0.2, 0) is 33.4 Å².